The van der Waals surface area contributed by atoms with Gasteiger partial charge < -0.3 is 10.5 Å². The van der Waals surface area contributed by atoms with E-state index in [1.807, 2.05) is 25.7 Å². The van der Waals surface area contributed by atoms with Gasteiger partial charge in [0.2, 0.25) is 5.91 Å². The molecular formula is C13H24N2O3. The van der Waals surface area contributed by atoms with E-state index in [9.17, 15) is 9.59 Å². The van der Waals surface area contributed by atoms with Gasteiger partial charge in [-0.15, -0.1) is 0 Å². The van der Waals surface area contributed by atoms with Crippen molar-refractivity contribution in [3.63, 3.8) is 0 Å². The molecular weight excluding hydrogens is 232 g/mol. The molecule has 2 atom stereocenters. The summed E-state index contributed by atoms with van der Waals surface area (Å²) in [7, 11) is 0. The number of rotatable bonds is 3. The molecule has 1 saturated heterocycles. The highest BCUT2D eigenvalue weighted by atomic mass is 16.6. The molecule has 1 amide bonds. The predicted octanol–water partition coefficient (Wildman–Crippen LogP) is 0.914. The molecule has 2 unspecified atom stereocenters. The second-order valence-electron chi connectivity index (χ2n) is 5.95. The van der Waals surface area contributed by atoms with Crippen molar-refractivity contribution in [2.24, 2.45) is 11.7 Å². The first kappa shape index (κ1) is 15.0. The number of carbonyl (C=O) groups excluding carboxylic acids is 2. The Labute approximate surface area is 109 Å². The van der Waals surface area contributed by atoms with Crippen LogP contribution in [-0.2, 0) is 14.3 Å². The van der Waals surface area contributed by atoms with Crippen molar-refractivity contribution < 1.29 is 14.3 Å². The van der Waals surface area contributed by atoms with Crippen molar-refractivity contribution in [3.8, 4) is 0 Å². The first-order valence-corrected chi connectivity index (χ1v) is 6.47. The Morgan fingerprint density at radius 1 is 1.39 bits per heavy atom. The Hall–Kier alpha value is -1.10. The van der Waals surface area contributed by atoms with Gasteiger partial charge in [-0.05, 0) is 47.1 Å². The largest absolute Gasteiger partial charge is 0.460 e. The number of primary amides is 1. The summed E-state index contributed by atoms with van der Waals surface area (Å²) in [5, 5.41) is 0. The van der Waals surface area contributed by atoms with Crippen LogP contribution in [0.1, 0.15) is 40.5 Å². The normalized spacial score (nSPS) is 23.4. The first-order chi connectivity index (χ1) is 8.20. The molecule has 0 spiro atoms. The molecule has 5 heteroatoms. The van der Waals surface area contributed by atoms with Gasteiger partial charge in [0.15, 0.2) is 0 Å². The van der Waals surface area contributed by atoms with Gasteiger partial charge in [0, 0.05) is 6.54 Å². The van der Waals surface area contributed by atoms with Crippen molar-refractivity contribution in [1.82, 2.24) is 4.90 Å². The molecule has 18 heavy (non-hydrogen) atoms. The second kappa shape index (κ2) is 5.69. The molecule has 0 radical (unpaired) electrons. The quantitative estimate of drug-likeness (QED) is 0.762. The molecule has 0 saturated carbocycles. The summed E-state index contributed by atoms with van der Waals surface area (Å²) in [5.74, 6) is -0.677. The van der Waals surface area contributed by atoms with Gasteiger partial charge in [-0.2, -0.15) is 0 Å². The number of amides is 1. The number of piperidine rings is 1. The van der Waals surface area contributed by atoms with Crippen molar-refractivity contribution in [3.05, 3.63) is 0 Å². The fourth-order valence-electron chi connectivity index (χ4n) is 2.12. The molecule has 0 aromatic rings. The SMILES string of the molecule is CC(C(N)=O)N1CCCC(C(=O)OC(C)(C)C)C1. The first-order valence-electron chi connectivity index (χ1n) is 6.47. The molecule has 104 valence electrons. The summed E-state index contributed by atoms with van der Waals surface area (Å²) < 4.78 is 5.38. The van der Waals surface area contributed by atoms with Crippen LogP contribution in [0.5, 0.6) is 0 Å². The van der Waals surface area contributed by atoms with Crippen molar-refractivity contribution in [2.45, 2.75) is 52.2 Å². The fourth-order valence-corrected chi connectivity index (χ4v) is 2.12. The van der Waals surface area contributed by atoms with Crippen molar-refractivity contribution >= 4 is 11.9 Å². The lowest BCUT2D eigenvalue weighted by Gasteiger charge is -2.35. The predicted molar refractivity (Wildman–Crippen MR) is 68.8 cm³/mol. The lowest BCUT2D eigenvalue weighted by Crippen LogP contribution is -2.49. The van der Waals surface area contributed by atoms with Gasteiger partial charge in [0.05, 0.1) is 12.0 Å². The topological polar surface area (TPSA) is 72.6 Å². The van der Waals surface area contributed by atoms with E-state index in [1.54, 1.807) is 6.92 Å². The van der Waals surface area contributed by atoms with E-state index in [0.717, 1.165) is 19.4 Å². The van der Waals surface area contributed by atoms with Crippen molar-refractivity contribution in [1.29, 1.82) is 0 Å². The fraction of sp³-hybridized carbons (Fsp3) is 0.846. The summed E-state index contributed by atoms with van der Waals surface area (Å²) in [6.45, 7) is 8.72. The minimum atomic E-state index is -0.464. The highest BCUT2D eigenvalue weighted by Crippen LogP contribution is 2.22. The van der Waals surface area contributed by atoms with E-state index in [2.05, 4.69) is 0 Å². The number of esters is 1. The van der Waals surface area contributed by atoms with Crippen LogP contribution < -0.4 is 5.73 Å². The maximum absolute atomic E-state index is 12.0. The van der Waals surface area contributed by atoms with Crippen molar-refractivity contribution in [2.75, 3.05) is 13.1 Å². The summed E-state index contributed by atoms with van der Waals surface area (Å²) in [6.07, 6.45) is 1.71. The van der Waals surface area contributed by atoms with Crippen LogP contribution in [0.3, 0.4) is 0 Å². The van der Waals surface area contributed by atoms with E-state index < -0.39 is 5.60 Å². The molecule has 0 aromatic heterocycles. The molecule has 1 aliphatic heterocycles. The summed E-state index contributed by atoms with van der Waals surface area (Å²) in [5.41, 5.74) is 4.83. The molecule has 0 bridgehead atoms. The minimum Gasteiger partial charge on any atom is -0.460 e. The van der Waals surface area contributed by atoms with Gasteiger partial charge in [0.1, 0.15) is 5.60 Å². The maximum atomic E-state index is 12.0. The molecule has 1 rings (SSSR count). The van der Waals surface area contributed by atoms with Crippen LogP contribution in [0.4, 0.5) is 0 Å². The van der Waals surface area contributed by atoms with Crippen LogP contribution in [0.25, 0.3) is 0 Å². The van der Waals surface area contributed by atoms with E-state index >= 15 is 0 Å². The maximum Gasteiger partial charge on any atom is 0.310 e. The molecule has 5 nitrogen and oxygen atoms in total. The Morgan fingerprint density at radius 2 is 2.00 bits per heavy atom. The van der Waals surface area contributed by atoms with Gasteiger partial charge in [-0.1, -0.05) is 0 Å². The van der Waals surface area contributed by atoms with Gasteiger partial charge in [-0.25, -0.2) is 0 Å². The molecule has 0 aliphatic carbocycles. The van der Waals surface area contributed by atoms with Gasteiger partial charge >= 0.3 is 5.97 Å². The van der Waals surface area contributed by atoms with Crippen LogP contribution in [0.2, 0.25) is 0 Å². The zero-order valence-corrected chi connectivity index (χ0v) is 11.7. The van der Waals surface area contributed by atoms with E-state index in [0.29, 0.717) is 6.54 Å². The van der Waals surface area contributed by atoms with E-state index in [4.69, 9.17) is 10.5 Å². The Morgan fingerprint density at radius 3 is 2.50 bits per heavy atom. The van der Waals surface area contributed by atoms with Crippen LogP contribution in [0.15, 0.2) is 0 Å². The molecule has 1 heterocycles. The summed E-state index contributed by atoms with van der Waals surface area (Å²) in [4.78, 5) is 25.1. The zero-order chi connectivity index (χ0) is 13.9. The monoisotopic (exact) mass is 256 g/mol. The van der Waals surface area contributed by atoms with Gasteiger partial charge in [-0.3, -0.25) is 14.5 Å². The van der Waals surface area contributed by atoms with E-state index in [-0.39, 0.29) is 23.8 Å². The number of nitrogens with two attached hydrogens (primary N) is 1. The standard InChI is InChI=1S/C13H24N2O3/c1-9(11(14)16)15-7-5-6-10(8-15)12(17)18-13(2,3)4/h9-10H,5-8H2,1-4H3,(H2,14,16). The minimum absolute atomic E-state index is 0.153. The average Bonchev–Trinajstić information content (AvgIpc) is 2.25. The van der Waals surface area contributed by atoms with Crippen LogP contribution >= 0.6 is 0 Å². The second-order valence-corrected chi connectivity index (χ2v) is 5.95. The lowest BCUT2D eigenvalue weighted by atomic mass is 9.96. The number of hydrogen-bond donors (Lipinski definition) is 1. The van der Waals surface area contributed by atoms with E-state index in [1.165, 1.54) is 0 Å². The Balaban J connectivity index is 2.58. The van der Waals surface area contributed by atoms with Gasteiger partial charge in [0.25, 0.3) is 0 Å². The highest BCUT2D eigenvalue weighted by Gasteiger charge is 2.32. The molecule has 1 aliphatic rings. The lowest BCUT2D eigenvalue weighted by molar-refractivity contribution is -0.162. The molecule has 0 aromatic carbocycles. The summed E-state index contributed by atoms with van der Waals surface area (Å²) in [6, 6.07) is -0.324. The smallest absolute Gasteiger partial charge is 0.310 e. The highest BCUT2D eigenvalue weighted by molar-refractivity contribution is 5.79. The number of nitrogens with zero attached hydrogens (tertiary/aromatic N) is 1. The molecule has 1 fully saturated rings. The van der Waals surface area contributed by atoms with Crippen LogP contribution in [-0.4, -0.2) is 41.5 Å². The van der Waals surface area contributed by atoms with Crippen LogP contribution in [0, 0.1) is 5.92 Å². The number of carbonyl (C=O) groups is 2. The third-order valence-electron chi connectivity index (χ3n) is 3.15. The third-order valence-corrected chi connectivity index (χ3v) is 3.15. The molecule has 2 N–H and O–H groups in total. The Bertz CT molecular complexity index is 323. The average molecular weight is 256 g/mol. The zero-order valence-electron chi connectivity index (χ0n) is 11.7. The Kier molecular flexibility index (Phi) is 4.73. The third kappa shape index (κ3) is 4.29. The number of ether oxygens (including phenoxy) is 1. The number of likely N-dealkylation sites (tertiary alicyclic amines) is 1. The number of hydrogen-bond acceptors (Lipinski definition) is 4. The summed E-state index contributed by atoms with van der Waals surface area (Å²) >= 11 is 0.